The SMILES string of the molecule is NC(N)=NCCCC(NC(=O)CC(N)C(=O)NC(CC(=O)NC(CCCN=C(N)N)C(=O)O)C(=O)NC(CC(=O)NC(CCCN=C(N)N)C(=O)O)C(=O)O)C(=O)O. The molecule has 6 atom stereocenters. The van der Waals surface area contributed by atoms with Crippen LogP contribution in [0.4, 0.5) is 0 Å². The molecule has 0 radical (unpaired) electrons. The van der Waals surface area contributed by atoms with Gasteiger partial charge in [0.25, 0.3) is 0 Å². The van der Waals surface area contributed by atoms with E-state index < -0.39 is 109 Å². The Kier molecular flexibility index (Phi) is 23.5. The van der Waals surface area contributed by atoms with E-state index in [0.29, 0.717) is 0 Å². The van der Waals surface area contributed by atoms with E-state index in [1.54, 1.807) is 0 Å². The Morgan fingerprint density at radius 2 is 0.707 bits per heavy atom. The number of nitrogens with one attached hydrogen (secondary N) is 5. The minimum Gasteiger partial charge on any atom is -0.480 e. The normalized spacial score (nSPS) is 13.6. The number of carboxylic acids is 4. The first kappa shape index (κ1) is 51.0. The zero-order valence-electron chi connectivity index (χ0n) is 31.3. The number of nitrogens with two attached hydrogens (primary N) is 7. The summed E-state index contributed by atoms with van der Waals surface area (Å²) in [6.07, 6.45) is -3.12. The molecule has 0 aliphatic carbocycles. The standard InChI is InChI=1S/C30H53N15O13/c31-13(10-19(46)41-14(24(51)52)4-1-7-38-28(32)33)22(49)44-17(11-20(47)42-15(25(53)54)5-2-8-39-29(34)35)23(50)45-18(27(57)58)12-21(48)43-16(26(55)56)6-3-9-40-30(36)37/h13-18H,1-12,31H2,(H,41,46)(H,42,47)(H,43,48)(H,44,49)(H,45,50)(H,51,52)(H,53,54)(H,55,56)(H,57,58)(H4,32,33,38)(H4,34,35,39)(H4,36,37,40). The molecule has 326 valence electrons. The van der Waals surface area contributed by atoms with Crippen molar-refractivity contribution in [2.24, 2.45) is 55.1 Å². The third-order valence-electron chi connectivity index (χ3n) is 7.50. The molecular weight excluding hydrogens is 778 g/mol. The van der Waals surface area contributed by atoms with E-state index in [1.165, 1.54) is 0 Å². The van der Waals surface area contributed by atoms with Gasteiger partial charge in [-0.2, -0.15) is 0 Å². The fourth-order valence-corrected chi connectivity index (χ4v) is 4.67. The van der Waals surface area contributed by atoms with Crippen molar-refractivity contribution < 1.29 is 63.6 Å². The zero-order chi connectivity index (χ0) is 44.5. The molecule has 0 aliphatic rings. The number of amides is 5. The Morgan fingerprint density at radius 1 is 0.414 bits per heavy atom. The van der Waals surface area contributed by atoms with Crippen LogP contribution in [-0.4, -0.2) is 148 Å². The Balaban J connectivity index is 6.09. The van der Waals surface area contributed by atoms with E-state index in [-0.39, 0.29) is 76.0 Å². The molecule has 0 aromatic rings. The van der Waals surface area contributed by atoms with Crippen LogP contribution in [0.15, 0.2) is 15.0 Å². The van der Waals surface area contributed by atoms with Crippen molar-refractivity contribution in [1.82, 2.24) is 26.6 Å². The summed E-state index contributed by atoms with van der Waals surface area (Å²) in [6, 6.07) is -10.4. The quantitative estimate of drug-likeness (QED) is 0.0189. The second-order valence-corrected chi connectivity index (χ2v) is 12.4. The van der Waals surface area contributed by atoms with Crippen LogP contribution in [0.1, 0.15) is 57.8 Å². The number of aliphatic imine (C=N–C) groups is 3. The van der Waals surface area contributed by atoms with E-state index in [4.69, 9.17) is 40.1 Å². The number of aliphatic carboxylic acids is 4. The van der Waals surface area contributed by atoms with Crippen LogP contribution >= 0.6 is 0 Å². The van der Waals surface area contributed by atoms with Crippen molar-refractivity contribution in [3.05, 3.63) is 0 Å². The van der Waals surface area contributed by atoms with Crippen molar-refractivity contribution in [3.63, 3.8) is 0 Å². The Labute approximate surface area is 330 Å². The molecule has 0 heterocycles. The van der Waals surface area contributed by atoms with E-state index in [1.807, 2.05) is 5.32 Å². The molecule has 58 heavy (non-hydrogen) atoms. The summed E-state index contributed by atoms with van der Waals surface area (Å²) in [4.78, 5) is 123. The van der Waals surface area contributed by atoms with Crippen LogP contribution in [-0.2, 0) is 43.2 Å². The molecule has 0 aliphatic heterocycles. The van der Waals surface area contributed by atoms with Gasteiger partial charge in [-0.1, -0.05) is 0 Å². The third-order valence-corrected chi connectivity index (χ3v) is 7.50. The number of hydrogen-bond donors (Lipinski definition) is 16. The molecule has 0 fully saturated rings. The van der Waals surface area contributed by atoms with Gasteiger partial charge in [0.15, 0.2) is 17.9 Å². The number of carbonyl (C=O) groups excluding carboxylic acids is 5. The number of carbonyl (C=O) groups is 9. The summed E-state index contributed by atoms with van der Waals surface area (Å²) >= 11 is 0. The number of guanidine groups is 3. The summed E-state index contributed by atoms with van der Waals surface area (Å²) in [5.74, 6) is -13.0. The predicted molar refractivity (Wildman–Crippen MR) is 202 cm³/mol. The molecule has 0 saturated heterocycles. The lowest BCUT2D eigenvalue weighted by Gasteiger charge is -2.24. The van der Waals surface area contributed by atoms with Gasteiger partial charge in [0.2, 0.25) is 29.5 Å². The summed E-state index contributed by atoms with van der Waals surface area (Å²) in [7, 11) is 0. The van der Waals surface area contributed by atoms with Crippen LogP contribution in [0, 0.1) is 0 Å². The van der Waals surface area contributed by atoms with Gasteiger partial charge in [0.05, 0.1) is 25.3 Å². The van der Waals surface area contributed by atoms with Crippen LogP contribution in [0.2, 0.25) is 0 Å². The monoisotopic (exact) mass is 831 g/mol. The van der Waals surface area contributed by atoms with Crippen LogP contribution in [0.3, 0.4) is 0 Å². The van der Waals surface area contributed by atoms with E-state index >= 15 is 0 Å². The fraction of sp³-hybridized carbons (Fsp3) is 0.600. The number of hydrogen-bond acceptors (Lipinski definition) is 13. The molecule has 0 bridgehead atoms. The van der Waals surface area contributed by atoms with Gasteiger partial charge in [0, 0.05) is 19.6 Å². The van der Waals surface area contributed by atoms with E-state index in [9.17, 15) is 63.6 Å². The topological polar surface area (TPSA) is 514 Å². The van der Waals surface area contributed by atoms with Crippen molar-refractivity contribution in [2.75, 3.05) is 19.6 Å². The molecule has 0 rings (SSSR count). The van der Waals surface area contributed by atoms with Gasteiger partial charge in [-0.3, -0.25) is 38.9 Å². The first-order chi connectivity index (χ1) is 27.0. The van der Waals surface area contributed by atoms with Gasteiger partial charge >= 0.3 is 23.9 Å². The second-order valence-electron chi connectivity index (χ2n) is 12.4. The second kappa shape index (κ2) is 26.7. The highest BCUT2D eigenvalue weighted by Gasteiger charge is 2.33. The maximum Gasteiger partial charge on any atom is 0.326 e. The Morgan fingerprint density at radius 3 is 1.02 bits per heavy atom. The maximum absolute atomic E-state index is 13.4. The van der Waals surface area contributed by atoms with Crippen molar-refractivity contribution in [3.8, 4) is 0 Å². The van der Waals surface area contributed by atoms with E-state index in [0.717, 1.165) is 0 Å². The van der Waals surface area contributed by atoms with Crippen molar-refractivity contribution in [1.29, 1.82) is 0 Å². The average Bonchev–Trinajstić information content (AvgIpc) is 3.10. The lowest BCUT2D eigenvalue weighted by molar-refractivity contribution is -0.145. The molecule has 0 saturated carbocycles. The van der Waals surface area contributed by atoms with Crippen LogP contribution < -0.4 is 66.7 Å². The third kappa shape index (κ3) is 23.0. The van der Waals surface area contributed by atoms with Gasteiger partial charge < -0.3 is 87.1 Å². The van der Waals surface area contributed by atoms with Crippen LogP contribution in [0.25, 0.3) is 0 Å². The zero-order valence-corrected chi connectivity index (χ0v) is 31.3. The van der Waals surface area contributed by atoms with Crippen molar-refractivity contribution >= 4 is 71.3 Å². The maximum atomic E-state index is 13.4. The predicted octanol–water partition coefficient (Wildman–Crippen LogP) is -7.59. The molecule has 28 nitrogen and oxygen atoms in total. The fourth-order valence-electron chi connectivity index (χ4n) is 4.67. The number of carboxylic acid groups (broad SMARTS) is 4. The molecule has 0 spiro atoms. The first-order valence-corrected chi connectivity index (χ1v) is 17.4. The van der Waals surface area contributed by atoms with Gasteiger partial charge in [-0.25, -0.2) is 19.2 Å². The highest BCUT2D eigenvalue weighted by atomic mass is 16.4. The van der Waals surface area contributed by atoms with Gasteiger partial charge in [0.1, 0.15) is 30.2 Å². The average molecular weight is 832 g/mol. The summed E-state index contributed by atoms with van der Waals surface area (Å²) in [5.41, 5.74) is 37.2. The molecular formula is C30H53N15O13. The van der Waals surface area contributed by atoms with Crippen LogP contribution in [0.5, 0.6) is 0 Å². The van der Waals surface area contributed by atoms with Gasteiger partial charge in [-0.15, -0.1) is 0 Å². The summed E-state index contributed by atoms with van der Waals surface area (Å²) in [5, 5.41) is 48.7. The smallest absolute Gasteiger partial charge is 0.326 e. The Bertz CT molecular complexity index is 1560. The highest BCUT2D eigenvalue weighted by molar-refractivity contribution is 5.97. The van der Waals surface area contributed by atoms with Gasteiger partial charge in [-0.05, 0) is 38.5 Å². The number of nitrogens with zero attached hydrogens (tertiary/aromatic N) is 3. The van der Waals surface area contributed by atoms with E-state index in [2.05, 4.69) is 36.2 Å². The molecule has 0 aromatic carbocycles. The first-order valence-electron chi connectivity index (χ1n) is 17.4. The lowest BCUT2D eigenvalue weighted by atomic mass is 10.1. The molecule has 6 unspecified atom stereocenters. The molecule has 0 aromatic heterocycles. The molecule has 23 N–H and O–H groups in total. The lowest BCUT2D eigenvalue weighted by Crippen LogP contribution is -2.57. The molecule has 28 heteroatoms. The summed E-state index contributed by atoms with van der Waals surface area (Å²) < 4.78 is 0. The van der Waals surface area contributed by atoms with Crippen molar-refractivity contribution in [2.45, 2.75) is 94.0 Å². The molecule has 5 amide bonds. The minimum atomic E-state index is -2.08. The highest BCUT2D eigenvalue weighted by Crippen LogP contribution is 2.06. The largest absolute Gasteiger partial charge is 0.480 e. The Hall–Kier alpha value is -7.00. The summed E-state index contributed by atoms with van der Waals surface area (Å²) in [6.45, 7) is 0.0554. The number of rotatable bonds is 29. The minimum absolute atomic E-state index is 0.00492.